The Morgan fingerprint density at radius 1 is 1.08 bits per heavy atom. The molecule has 2 aromatic heterocycles. The second kappa shape index (κ2) is 15.2. The Balaban J connectivity index is 1.17. The van der Waals surface area contributed by atoms with Crippen LogP contribution in [0.4, 0.5) is 0 Å². The van der Waals surface area contributed by atoms with E-state index in [0.717, 1.165) is 53.4 Å². The average Bonchev–Trinajstić information content (AvgIpc) is 3.49. The van der Waals surface area contributed by atoms with Gasteiger partial charge in [-0.2, -0.15) is 5.26 Å². The number of aromatic hydroxyl groups is 1. The summed E-state index contributed by atoms with van der Waals surface area (Å²) in [6.07, 6.45) is 10.9. The molecular weight excluding hydrogens is 766 g/mol. The number of nitrogens with one attached hydrogen (secondary N) is 3. The summed E-state index contributed by atoms with van der Waals surface area (Å²) in [5.74, 6) is 0.366. The summed E-state index contributed by atoms with van der Waals surface area (Å²) in [6.45, 7) is 4.17. The number of pyridine rings is 1. The Bertz CT molecular complexity index is 1980. The summed E-state index contributed by atoms with van der Waals surface area (Å²) in [7, 11) is 0. The fraction of sp³-hybridized carbons (Fsp3) is 0.472. The number of carbonyl (C=O) groups is 1. The van der Waals surface area contributed by atoms with Crippen molar-refractivity contribution in [2.75, 3.05) is 32.7 Å². The molecule has 0 radical (unpaired) electrons. The number of nitrogens with zero attached hydrogens (tertiary/aromatic N) is 6. The van der Waals surface area contributed by atoms with Crippen LogP contribution in [0, 0.1) is 11.5 Å². The van der Waals surface area contributed by atoms with Crippen LogP contribution in [0.5, 0.6) is 5.75 Å². The first-order chi connectivity index (χ1) is 24.3. The molecule has 3 atom stereocenters. The molecule has 4 aromatic rings. The second-order valence-electron chi connectivity index (χ2n) is 13.6. The predicted octanol–water partition coefficient (Wildman–Crippen LogP) is 4.96. The molecule has 50 heavy (non-hydrogen) atoms. The summed E-state index contributed by atoms with van der Waals surface area (Å²) < 4.78 is 2.80. The molecule has 3 aliphatic heterocycles. The largest absolute Gasteiger partial charge is 0.506 e. The van der Waals surface area contributed by atoms with Crippen molar-refractivity contribution < 1.29 is 9.90 Å². The van der Waals surface area contributed by atoms with Crippen LogP contribution in [-0.2, 0) is 11.2 Å². The third-order valence-corrected chi connectivity index (χ3v) is 11.7. The van der Waals surface area contributed by atoms with Gasteiger partial charge in [-0.05, 0) is 114 Å². The topological polar surface area (TPSA) is 155 Å². The molecule has 1 amide bonds. The van der Waals surface area contributed by atoms with Gasteiger partial charge < -0.3 is 25.2 Å². The van der Waals surface area contributed by atoms with Crippen molar-refractivity contribution in [2.45, 2.75) is 75.5 Å². The number of nitriles is 1. The molecule has 5 heterocycles. The number of aromatic nitrogens is 3. The third-order valence-electron chi connectivity index (χ3n) is 10.5. The molecule has 7 rings (SSSR count). The number of para-hydroxylation sites is 1. The molecule has 0 aliphatic carbocycles. The van der Waals surface area contributed by atoms with Crippen molar-refractivity contribution in [3.63, 3.8) is 0 Å². The lowest BCUT2D eigenvalue weighted by Crippen LogP contribution is -2.52. The van der Waals surface area contributed by atoms with Crippen LogP contribution in [0.2, 0.25) is 0 Å². The number of piperidine rings is 3. The first-order valence-electron chi connectivity index (χ1n) is 17.4. The average molecular weight is 808 g/mol. The molecule has 0 saturated carbocycles. The summed E-state index contributed by atoms with van der Waals surface area (Å²) >= 11 is 6.86. The molecule has 2 aromatic carbocycles. The van der Waals surface area contributed by atoms with Gasteiger partial charge in [0.25, 0.3) is 0 Å². The van der Waals surface area contributed by atoms with Gasteiger partial charge in [-0.1, -0.05) is 24.6 Å². The number of amides is 1. The predicted molar refractivity (Wildman–Crippen MR) is 200 cm³/mol. The number of H-pyrrole nitrogens is 1. The smallest absolute Gasteiger partial charge is 0.326 e. The molecule has 0 spiro atoms. The Hall–Kier alpha value is -3.77. The van der Waals surface area contributed by atoms with Gasteiger partial charge in [-0.15, -0.1) is 0 Å². The molecule has 12 nitrogen and oxygen atoms in total. The molecule has 262 valence electrons. The number of rotatable bonds is 7. The van der Waals surface area contributed by atoms with Gasteiger partial charge in [-0.25, -0.2) is 4.79 Å². The fourth-order valence-corrected chi connectivity index (χ4v) is 9.23. The zero-order valence-corrected chi connectivity index (χ0v) is 30.9. The highest BCUT2D eigenvalue weighted by Gasteiger charge is 2.34. The van der Waals surface area contributed by atoms with Crippen molar-refractivity contribution in [1.82, 2.24) is 35.0 Å². The maximum absolute atomic E-state index is 14.3. The number of fused-ring (bicyclic) bond motifs is 3. The number of benzene rings is 2. The van der Waals surface area contributed by atoms with E-state index in [2.05, 4.69) is 57.4 Å². The van der Waals surface area contributed by atoms with Crippen LogP contribution in [0.3, 0.4) is 0 Å². The first-order valence-corrected chi connectivity index (χ1v) is 19.0. The Labute approximate surface area is 307 Å². The normalized spacial score (nSPS) is 21.7. The maximum atomic E-state index is 14.3. The van der Waals surface area contributed by atoms with E-state index >= 15 is 0 Å². The van der Waals surface area contributed by atoms with Gasteiger partial charge in [-0.3, -0.25) is 24.7 Å². The fourth-order valence-electron chi connectivity index (χ4n) is 7.95. The highest BCUT2D eigenvalue weighted by molar-refractivity contribution is 9.11. The van der Waals surface area contributed by atoms with Gasteiger partial charge in [0, 0.05) is 37.0 Å². The Morgan fingerprint density at radius 3 is 2.56 bits per heavy atom. The second-order valence-corrected chi connectivity index (χ2v) is 15.3. The molecule has 3 aliphatic rings. The van der Waals surface area contributed by atoms with Gasteiger partial charge in [0.15, 0.2) is 6.19 Å². The van der Waals surface area contributed by atoms with Crippen LogP contribution >= 0.6 is 31.9 Å². The highest BCUT2D eigenvalue weighted by atomic mass is 79.9. The zero-order chi connectivity index (χ0) is 34.8. The Kier molecular flexibility index (Phi) is 10.6. The first kappa shape index (κ1) is 34.7. The minimum atomic E-state index is -0.811. The van der Waals surface area contributed by atoms with Gasteiger partial charge in [0.2, 0.25) is 5.91 Å². The van der Waals surface area contributed by atoms with Crippen LogP contribution in [-0.4, -0.2) is 92.0 Å². The monoisotopic (exact) mass is 805 g/mol. The summed E-state index contributed by atoms with van der Waals surface area (Å²) in [5, 5.41) is 27.4. The van der Waals surface area contributed by atoms with Gasteiger partial charge >= 0.3 is 5.69 Å². The minimum Gasteiger partial charge on any atom is -0.506 e. The van der Waals surface area contributed by atoms with Crippen LogP contribution in [0.25, 0.3) is 21.9 Å². The number of likely N-dealkylation sites (tertiary alicyclic amines) is 2. The van der Waals surface area contributed by atoms with Crippen LogP contribution in [0.1, 0.15) is 56.6 Å². The maximum Gasteiger partial charge on any atom is 0.326 e. The van der Waals surface area contributed by atoms with Crippen molar-refractivity contribution in [3.05, 3.63) is 67.6 Å². The van der Waals surface area contributed by atoms with Crippen molar-refractivity contribution >= 4 is 65.5 Å². The number of carbonyl (C=O) groups excluding carboxylic acids is 1. The standard InChI is InChI=1S/C36H41Br2N9O3/c37-26-16-22(17-27(38)33(26)48)18-30(35(49)46-14-9-23(10-15-46)45-12-4-1-5-13-45)43-34(42-21-39)29-19-24(8-11-40-29)47-31-20-41-28-7-3-2-6-25(28)32(31)44-36(47)50/h2-3,6-7,16-17,20,23-24,29-30,40,48H,1,4-5,8-15,18-19H2,(H,42,43)(H,44,50)/t24?,29?,30-/m1/s1. The number of halogens is 2. The highest BCUT2D eigenvalue weighted by Crippen LogP contribution is 2.34. The lowest BCUT2D eigenvalue weighted by atomic mass is 9.97. The zero-order valence-electron chi connectivity index (χ0n) is 27.7. The SMILES string of the molecule is N#CNC(=N[C@H](Cc1cc(Br)c(O)c(Br)c1)C(=O)N1CCC(N2CCCCC2)CC1)C1CC(n2c(=O)[nH]c3c4ccccc4ncc32)CCN1. The third kappa shape index (κ3) is 7.19. The van der Waals surface area contributed by atoms with E-state index in [0.29, 0.717) is 53.3 Å². The number of hydrogen-bond donors (Lipinski definition) is 4. The van der Waals surface area contributed by atoms with Gasteiger partial charge in [0.1, 0.15) is 17.6 Å². The molecule has 14 heteroatoms. The number of aliphatic imine (C=N–C) groups is 1. The molecule has 4 N–H and O–H groups in total. The van der Waals surface area contributed by atoms with E-state index in [1.165, 1.54) is 19.3 Å². The molecule has 2 unspecified atom stereocenters. The molecule has 3 saturated heterocycles. The Morgan fingerprint density at radius 2 is 1.82 bits per heavy atom. The summed E-state index contributed by atoms with van der Waals surface area (Å²) in [5.41, 5.74) is 2.89. The summed E-state index contributed by atoms with van der Waals surface area (Å²) in [4.78, 5) is 44.9. The van der Waals surface area contributed by atoms with Gasteiger partial charge in [0.05, 0.1) is 37.7 Å². The number of imidazole rings is 1. The van der Waals surface area contributed by atoms with Crippen molar-refractivity contribution in [3.8, 4) is 11.9 Å². The van der Waals surface area contributed by atoms with E-state index in [9.17, 15) is 20.0 Å². The molecular formula is C36H41Br2N9O3. The van der Waals surface area contributed by atoms with Crippen LogP contribution in [0.15, 0.2) is 61.3 Å². The lowest BCUT2D eigenvalue weighted by Gasteiger charge is -2.40. The van der Waals surface area contributed by atoms with Crippen LogP contribution < -0.4 is 16.3 Å². The quantitative estimate of drug-likeness (QED) is 0.0886. The van der Waals surface area contributed by atoms with E-state index in [4.69, 9.17) is 4.99 Å². The summed E-state index contributed by atoms with van der Waals surface area (Å²) in [6, 6.07) is 10.4. The van der Waals surface area contributed by atoms with E-state index in [1.807, 2.05) is 35.4 Å². The van der Waals surface area contributed by atoms with Crippen molar-refractivity contribution in [1.29, 1.82) is 5.26 Å². The number of hydrogen-bond acceptors (Lipinski definition) is 8. The lowest BCUT2D eigenvalue weighted by molar-refractivity contribution is -0.134. The number of phenols is 1. The van der Waals surface area contributed by atoms with E-state index in [1.54, 1.807) is 22.9 Å². The van der Waals surface area contributed by atoms with E-state index < -0.39 is 12.1 Å². The number of phenolic OH excluding ortho intramolecular Hbond substituents is 1. The minimum absolute atomic E-state index is 0.0833. The van der Waals surface area contributed by atoms with E-state index in [-0.39, 0.29) is 29.8 Å². The van der Waals surface area contributed by atoms with Crippen molar-refractivity contribution in [2.24, 2.45) is 4.99 Å². The number of aromatic amines is 1. The number of amidine groups is 1. The molecule has 0 bridgehead atoms. The molecule has 3 fully saturated rings.